The third kappa shape index (κ3) is 2.35. The number of nitrogens with zero attached hydrogens (tertiary/aromatic N) is 2. The summed E-state index contributed by atoms with van der Waals surface area (Å²) in [5.74, 6) is 0.0737. The quantitative estimate of drug-likeness (QED) is 0.686. The minimum Gasteiger partial charge on any atom is -0.317 e. The van der Waals surface area contributed by atoms with Gasteiger partial charge in [0.25, 0.3) is 0 Å². The van der Waals surface area contributed by atoms with Gasteiger partial charge in [0.1, 0.15) is 0 Å². The van der Waals surface area contributed by atoms with E-state index >= 15 is 0 Å². The molecule has 2 fully saturated rings. The lowest BCUT2D eigenvalue weighted by Gasteiger charge is -2.31. The molecule has 0 unspecified atom stereocenters. The maximum atomic E-state index is 12.4. The second-order valence-corrected chi connectivity index (χ2v) is 5.36. The number of carbonyl (C=O) groups excluding carboxylic acids is 2. The second kappa shape index (κ2) is 4.74. The number of carbonyl (C=O) groups is 2. The van der Waals surface area contributed by atoms with Crippen LogP contribution in [0.25, 0.3) is 0 Å². The predicted molar refractivity (Wildman–Crippen MR) is 64.4 cm³/mol. The molecule has 2 saturated heterocycles. The van der Waals surface area contributed by atoms with Gasteiger partial charge >= 0.3 is 0 Å². The van der Waals surface area contributed by atoms with Crippen molar-refractivity contribution in [2.24, 2.45) is 5.41 Å². The van der Waals surface area contributed by atoms with Crippen molar-refractivity contribution >= 4 is 11.8 Å². The first-order chi connectivity index (χ1) is 8.05. The first-order valence-corrected chi connectivity index (χ1v) is 6.25. The predicted octanol–water partition coefficient (Wildman–Crippen LogP) is -0.323. The number of amides is 2. The monoisotopic (exact) mass is 239 g/mol. The molecule has 5 nitrogen and oxygen atoms in total. The fraction of sp³-hybridized carbons (Fsp3) is 0.833. The topological polar surface area (TPSA) is 52.6 Å². The van der Waals surface area contributed by atoms with Crippen molar-refractivity contribution in [2.75, 3.05) is 40.3 Å². The van der Waals surface area contributed by atoms with Gasteiger partial charge < -0.3 is 10.2 Å². The van der Waals surface area contributed by atoms with Crippen LogP contribution in [-0.4, -0.2) is 61.9 Å². The number of imide groups is 1. The number of nitrogens with one attached hydrogen (secondary N) is 1. The number of hydrogen-bond donors (Lipinski definition) is 1. The van der Waals surface area contributed by atoms with Crippen LogP contribution in [0.2, 0.25) is 0 Å². The fourth-order valence-corrected chi connectivity index (χ4v) is 2.68. The van der Waals surface area contributed by atoms with E-state index in [2.05, 4.69) is 5.32 Å². The van der Waals surface area contributed by atoms with Crippen molar-refractivity contribution in [2.45, 2.75) is 19.3 Å². The van der Waals surface area contributed by atoms with Crippen molar-refractivity contribution < 1.29 is 9.59 Å². The van der Waals surface area contributed by atoms with Gasteiger partial charge in [-0.05, 0) is 40.0 Å². The van der Waals surface area contributed by atoms with Crippen LogP contribution in [0.4, 0.5) is 0 Å². The number of rotatable bonds is 3. The molecule has 0 aliphatic carbocycles. The van der Waals surface area contributed by atoms with Gasteiger partial charge in [0.15, 0.2) is 0 Å². The number of likely N-dealkylation sites (N-methyl/N-ethyl adjacent to an activating group) is 1. The molecule has 1 N–H and O–H groups in total. The molecule has 0 aromatic heterocycles. The normalized spacial score (nSPS) is 24.1. The van der Waals surface area contributed by atoms with Crippen LogP contribution >= 0.6 is 0 Å². The van der Waals surface area contributed by atoms with E-state index in [0.717, 1.165) is 32.5 Å². The van der Waals surface area contributed by atoms with Gasteiger partial charge in [0.05, 0.1) is 5.41 Å². The van der Waals surface area contributed by atoms with E-state index in [4.69, 9.17) is 0 Å². The Hall–Kier alpha value is -0.940. The summed E-state index contributed by atoms with van der Waals surface area (Å²) < 4.78 is 0. The van der Waals surface area contributed by atoms with Crippen LogP contribution in [0, 0.1) is 5.41 Å². The fourth-order valence-electron chi connectivity index (χ4n) is 2.68. The molecule has 0 aromatic rings. The molecule has 0 radical (unpaired) electrons. The maximum absolute atomic E-state index is 12.4. The van der Waals surface area contributed by atoms with Crippen molar-refractivity contribution in [3.63, 3.8) is 0 Å². The molecule has 2 rings (SSSR count). The van der Waals surface area contributed by atoms with Crippen LogP contribution in [-0.2, 0) is 9.59 Å². The molecule has 96 valence electrons. The molecule has 1 spiro atoms. The summed E-state index contributed by atoms with van der Waals surface area (Å²) in [7, 11) is 3.90. The lowest BCUT2D eigenvalue weighted by molar-refractivity contribution is -0.142. The van der Waals surface area contributed by atoms with Gasteiger partial charge in [0, 0.05) is 19.5 Å². The minimum absolute atomic E-state index is 0.0127. The maximum Gasteiger partial charge on any atom is 0.236 e. The van der Waals surface area contributed by atoms with Crippen molar-refractivity contribution in [1.29, 1.82) is 0 Å². The summed E-state index contributed by atoms with van der Waals surface area (Å²) in [6.07, 6.45) is 2.02. The Balaban J connectivity index is 2.05. The van der Waals surface area contributed by atoms with Crippen LogP contribution < -0.4 is 5.32 Å². The van der Waals surface area contributed by atoms with Gasteiger partial charge in [-0.25, -0.2) is 0 Å². The average Bonchev–Trinajstić information content (AvgIpc) is 2.50. The molecule has 0 atom stereocenters. The minimum atomic E-state index is -0.380. The smallest absolute Gasteiger partial charge is 0.236 e. The summed E-state index contributed by atoms with van der Waals surface area (Å²) in [5, 5.41) is 3.25. The van der Waals surface area contributed by atoms with E-state index in [0.29, 0.717) is 13.0 Å². The van der Waals surface area contributed by atoms with Gasteiger partial charge in [-0.2, -0.15) is 0 Å². The molecule has 17 heavy (non-hydrogen) atoms. The highest BCUT2D eigenvalue weighted by Gasteiger charge is 2.51. The summed E-state index contributed by atoms with van der Waals surface area (Å²) in [5.41, 5.74) is -0.380. The van der Waals surface area contributed by atoms with E-state index < -0.39 is 0 Å². The van der Waals surface area contributed by atoms with E-state index in [-0.39, 0.29) is 17.2 Å². The molecule has 0 saturated carbocycles. The Kier molecular flexibility index (Phi) is 3.49. The largest absolute Gasteiger partial charge is 0.317 e. The second-order valence-electron chi connectivity index (χ2n) is 5.36. The van der Waals surface area contributed by atoms with Crippen molar-refractivity contribution in [1.82, 2.24) is 15.1 Å². The van der Waals surface area contributed by atoms with E-state index in [9.17, 15) is 9.59 Å². The standard InChI is InChI=1S/C12H21N3O2/c1-14(2)7-8-15-10(16)9-12(11(15)17)3-5-13-6-4-12/h13H,3-9H2,1-2H3. The Morgan fingerprint density at radius 1 is 1.29 bits per heavy atom. The van der Waals surface area contributed by atoms with E-state index in [1.807, 2.05) is 19.0 Å². The van der Waals surface area contributed by atoms with E-state index in [1.165, 1.54) is 4.90 Å². The number of hydrogen-bond acceptors (Lipinski definition) is 4. The Labute approximate surface area is 102 Å². The number of likely N-dealkylation sites (tertiary alicyclic amines) is 1. The highest BCUT2D eigenvalue weighted by Crippen LogP contribution is 2.40. The molecule has 5 heteroatoms. The number of piperidine rings is 1. The van der Waals surface area contributed by atoms with Gasteiger partial charge in [-0.3, -0.25) is 14.5 Å². The van der Waals surface area contributed by atoms with Gasteiger partial charge in [0.2, 0.25) is 11.8 Å². The highest BCUT2D eigenvalue weighted by molar-refractivity contribution is 6.06. The van der Waals surface area contributed by atoms with Crippen LogP contribution in [0.5, 0.6) is 0 Å². The molecule has 0 aromatic carbocycles. The van der Waals surface area contributed by atoms with E-state index in [1.54, 1.807) is 0 Å². The molecule has 2 aliphatic heterocycles. The summed E-state index contributed by atoms with van der Waals surface area (Å²) in [4.78, 5) is 27.8. The van der Waals surface area contributed by atoms with Crippen molar-refractivity contribution in [3.8, 4) is 0 Å². The van der Waals surface area contributed by atoms with Crippen molar-refractivity contribution in [3.05, 3.63) is 0 Å². The first kappa shape index (κ1) is 12.5. The average molecular weight is 239 g/mol. The molecule has 2 heterocycles. The molecule has 2 amide bonds. The summed E-state index contributed by atoms with van der Waals surface area (Å²) in [6.45, 7) is 2.97. The first-order valence-electron chi connectivity index (χ1n) is 6.25. The van der Waals surface area contributed by atoms with Gasteiger partial charge in [-0.1, -0.05) is 0 Å². The lowest BCUT2D eigenvalue weighted by atomic mass is 9.77. The Morgan fingerprint density at radius 3 is 2.53 bits per heavy atom. The Bertz CT molecular complexity index is 322. The SMILES string of the molecule is CN(C)CCN1C(=O)CC2(CCNCC2)C1=O. The third-order valence-corrected chi connectivity index (χ3v) is 3.82. The zero-order chi connectivity index (χ0) is 12.5. The lowest BCUT2D eigenvalue weighted by Crippen LogP contribution is -2.44. The zero-order valence-corrected chi connectivity index (χ0v) is 10.7. The third-order valence-electron chi connectivity index (χ3n) is 3.82. The highest BCUT2D eigenvalue weighted by atomic mass is 16.2. The molecular formula is C12H21N3O2. The Morgan fingerprint density at radius 2 is 1.94 bits per heavy atom. The zero-order valence-electron chi connectivity index (χ0n) is 10.7. The molecule has 2 aliphatic rings. The summed E-state index contributed by atoms with van der Waals surface area (Å²) >= 11 is 0. The molecule has 0 bridgehead atoms. The van der Waals surface area contributed by atoms with Crippen LogP contribution in [0.3, 0.4) is 0 Å². The van der Waals surface area contributed by atoms with Crippen LogP contribution in [0.15, 0.2) is 0 Å². The molecular weight excluding hydrogens is 218 g/mol. The van der Waals surface area contributed by atoms with Crippen LogP contribution in [0.1, 0.15) is 19.3 Å². The van der Waals surface area contributed by atoms with Gasteiger partial charge in [-0.15, -0.1) is 0 Å². The summed E-state index contributed by atoms with van der Waals surface area (Å²) in [6, 6.07) is 0.